The summed E-state index contributed by atoms with van der Waals surface area (Å²) in [5.74, 6) is -0.834. The number of benzene rings is 2. The molecule has 0 aliphatic rings. The van der Waals surface area contributed by atoms with E-state index in [4.69, 9.17) is 17.2 Å². The van der Waals surface area contributed by atoms with Gasteiger partial charge in [0.05, 0.1) is 11.6 Å². The molecule has 0 saturated carbocycles. The fraction of sp³-hybridized carbons (Fsp3) is 0.370. The van der Waals surface area contributed by atoms with Crippen molar-refractivity contribution in [1.29, 1.82) is 0 Å². The topological polar surface area (TPSA) is 182 Å². The Balaban J connectivity index is 1.65. The summed E-state index contributed by atoms with van der Waals surface area (Å²) < 4.78 is 0. The molecule has 202 valence electrons. The van der Waals surface area contributed by atoms with E-state index in [1.54, 1.807) is 11.0 Å². The summed E-state index contributed by atoms with van der Waals surface area (Å²) in [6.45, 7) is 1.41. The summed E-state index contributed by atoms with van der Waals surface area (Å²) in [7, 11) is 0. The number of hydrogen-bond donors (Lipinski definition) is 5. The number of aromatic nitrogens is 2. The Morgan fingerprint density at radius 3 is 2.26 bits per heavy atom. The molecule has 0 bridgehead atoms. The first-order valence-electron chi connectivity index (χ1n) is 12.7. The molecule has 2 aromatic carbocycles. The van der Waals surface area contributed by atoms with E-state index in [2.05, 4.69) is 20.8 Å². The Morgan fingerprint density at radius 1 is 0.868 bits per heavy atom. The van der Waals surface area contributed by atoms with Crippen LogP contribution in [0.1, 0.15) is 24.8 Å². The Kier molecular flexibility index (Phi) is 11.1. The summed E-state index contributed by atoms with van der Waals surface area (Å²) in [5, 5.41) is 14.6. The Morgan fingerprint density at radius 2 is 1.55 bits per heavy atom. The number of aryl methyl sites for hydroxylation is 1. The van der Waals surface area contributed by atoms with Crippen LogP contribution in [0.4, 0.5) is 5.82 Å². The first-order chi connectivity index (χ1) is 18.4. The summed E-state index contributed by atoms with van der Waals surface area (Å²) in [4.78, 5) is 40.2. The van der Waals surface area contributed by atoms with Crippen molar-refractivity contribution in [2.75, 3.05) is 31.5 Å². The van der Waals surface area contributed by atoms with Crippen LogP contribution in [0.25, 0.3) is 10.9 Å². The van der Waals surface area contributed by atoms with Gasteiger partial charge in [-0.2, -0.15) is 0 Å². The van der Waals surface area contributed by atoms with Crippen LogP contribution >= 0.6 is 0 Å². The summed E-state index contributed by atoms with van der Waals surface area (Å²) in [6.07, 6.45) is 1.10. The van der Waals surface area contributed by atoms with Crippen LogP contribution in [0.15, 0.2) is 60.7 Å². The molecule has 8 N–H and O–H groups in total. The smallest absolute Gasteiger partial charge is 0.248 e. The number of rotatable bonds is 14. The summed E-state index contributed by atoms with van der Waals surface area (Å²) >= 11 is 0. The van der Waals surface area contributed by atoms with E-state index in [-0.39, 0.29) is 24.6 Å². The third-order valence-corrected chi connectivity index (χ3v) is 6.10. The monoisotopic (exact) mass is 520 g/mol. The third-order valence-electron chi connectivity index (χ3n) is 6.10. The second kappa shape index (κ2) is 14.7. The molecule has 0 radical (unpaired) electrons. The standard InChI is InChI=1S/C27H36N8O3/c28-14-16-35(17-15-29)25(36)13-11-21(30)26(37)31-23(12-10-19-6-2-1-3-7-19)27(38)32-24-18-20-8-4-5-9-22(20)33-34-24/h1-9,18,21,23H,10-17,28-30H2,(H,31,37)(H,32,34,38)/t21-,23+/m0/s1. The molecule has 1 aromatic heterocycles. The second-order valence-electron chi connectivity index (χ2n) is 8.97. The molecule has 11 heteroatoms. The molecule has 0 aliphatic carbocycles. The molecule has 3 amide bonds. The zero-order valence-corrected chi connectivity index (χ0v) is 21.4. The van der Waals surface area contributed by atoms with Gasteiger partial charge in [0.25, 0.3) is 0 Å². The van der Waals surface area contributed by atoms with Crippen molar-refractivity contribution in [1.82, 2.24) is 20.4 Å². The highest BCUT2D eigenvalue weighted by Crippen LogP contribution is 2.15. The maximum Gasteiger partial charge on any atom is 0.248 e. The molecule has 0 aliphatic heterocycles. The van der Waals surface area contributed by atoms with Gasteiger partial charge in [-0.05, 0) is 37.0 Å². The number of hydrogen-bond acceptors (Lipinski definition) is 8. The van der Waals surface area contributed by atoms with Gasteiger partial charge in [0, 0.05) is 38.0 Å². The molecule has 2 atom stereocenters. The minimum Gasteiger partial charge on any atom is -0.343 e. The average Bonchev–Trinajstić information content (AvgIpc) is 2.93. The molecule has 0 fully saturated rings. The molecule has 1 heterocycles. The van der Waals surface area contributed by atoms with Crippen LogP contribution < -0.4 is 27.8 Å². The number of amides is 3. The van der Waals surface area contributed by atoms with Gasteiger partial charge in [0.1, 0.15) is 6.04 Å². The SMILES string of the molecule is NCCN(CCN)C(=O)CC[C@H](N)C(=O)N[C@H](CCc1ccccc1)C(=O)Nc1cc2ccccc2nn1. The minimum absolute atomic E-state index is 0.0716. The highest BCUT2D eigenvalue weighted by Gasteiger charge is 2.25. The quantitative estimate of drug-likeness (QED) is 0.204. The molecule has 3 aromatic rings. The fourth-order valence-corrected chi connectivity index (χ4v) is 4.00. The van der Waals surface area contributed by atoms with Crippen LogP contribution in [-0.2, 0) is 20.8 Å². The lowest BCUT2D eigenvalue weighted by molar-refractivity contribution is -0.132. The van der Waals surface area contributed by atoms with Crippen LogP contribution in [0, 0.1) is 0 Å². The van der Waals surface area contributed by atoms with Crippen LogP contribution in [-0.4, -0.2) is 71.1 Å². The highest BCUT2D eigenvalue weighted by molar-refractivity contribution is 5.98. The Bertz CT molecular complexity index is 1200. The number of anilines is 1. The van der Waals surface area contributed by atoms with Gasteiger partial charge < -0.3 is 32.7 Å². The van der Waals surface area contributed by atoms with E-state index in [0.29, 0.717) is 44.5 Å². The number of nitrogens with zero attached hydrogens (tertiary/aromatic N) is 3. The minimum atomic E-state index is -0.968. The number of carbonyl (C=O) groups is 3. The normalized spacial score (nSPS) is 12.5. The van der Waals surface area contributed by atoms with Crippen molar-refractivity contribution in [2.45, 2.75) is 37.8 Å². The van der Waals surface area contributed by atoms with Crippen molar-refractivity contribution in [2.24, 2.45) is 17.2 Å². The van der Waals surface area contributed by atoms with Crippen molar-refractivity contribution in [3.8, 4) is 0 Å². The van der Waals surface area contributed by atoms with Crippen LogP contribution in [0.2, 0.25) is 0 Å². The number of carbonyl (C=O) groups excluding carboxylic acids is 3. The van der Waals surface area contributed by atoms with Gasteiger partial charge in [-0.3, -0.25) is 14.4 Å². The van der Waals surface area contributed by atoms with Gasteiger partial charge in [-0.15, -0.1) is 10.2 Å². The maximum atomic E-state index is 13.2. The lowest BCUT2D eigenvalue weighted by Gasteiger charge is -2.23. The van der Waals surface area contributed by atoms with E-state index in [0.717, 1.165) is 10.9 Å². The molecule has 3 rings (SSSR count). The van der Waals surface area contributed by atoms with Gasteiger partial charge >= 0.3 is 0 Å². The van der Waals surface area contributed by atoms with E-state index >= 15 is 0 Å². The zero-order valence-electron chi connectivity index (χ0n) is 21.4. The number of nitrogens with two attached hydrogens (primary N) is 3. The molecule has 0 unspecified atom stereocenters. The van der Waals surface area contributed by atoms with Crippen LogP contribution in [0.3, 0.4) is 0 Å². The molecular formula is C27H36N8O3. The van der Waals surface area contributed by atoms with Crippen molar-refractivity contribution < 1.29 is 14.4 Å². The molecule has 38 heavy (non-hydrogen) atoms. The predicted octanol–water partition coefficient (Wildman–Crippen LogP) is 0.539. The first-order valence-corrected chi connectivity index (χ1v) is 12.7. The lowest BCUT2D eigenvalue weighted by atomic mass is 10.0. The summed E-state index contributed by atoms with van der Waals surface area (Å²) in [6, 6.07) is 17.0. The molecule has 0 spiro atoms. The van der Waals surface area contributed by atoms with E-state index < -0.39 is 23.9 Å². The number of fused-ring (bicyclic) bond motifs is 1. The number of nitrogens with one attached hydrogen (secondary N) is 2. The van der Waals surface area contributed by atoms with Gasteiger partial charge in [-0.1, -0.05) is 48.5 Å². The van der Waals surface area contributed by atoms with Crippen LogP contribution in [0.5, 0.6) is 0 Å². The largest absolute Gasteiger partial charge is 0.343 e. The fourth-order valence-electron chi connectivity index (χ4n) is 4.00. The lowest BCUT2D eigenvalue weighted by Crippen LogP contribution is -2.50. The van der Waals surface area contributed by atoms with Crippen molar-refractivity contribution in [3.05, 3.63) is 66.2 Å². The van der Waals surface area contributed by atoms with E-state index in [1.165, 1.54) is 0 Å². The average molecular weight is 521 g/mol. The van der Waals surface area contributed by atoms with Gasteiger partial charge in [0.15, 0.2) is 5.82 Å². The molecular weight excluding hydrogens is 484 g/mol. The van der Waals surface area contributed by atoms with Gasteiger partial charge in [0.2, 0.25) is 17.7 Å². The predicted molar refractivity (Wildman–Crippen MR) is 147 cm³/mol. The van der Waals surface area contributed by atoms with E-state index in [1.807, 2.05) is 54.6 Å². The summed E-state index contributed by atoms with van der Waals surface area (Å²) in [5.41, 5.74) is 19.0. The van der Waals surface area contributed by atoms with E-state index in [9.17, 15) is 14.4 Å². The van der Waals surface area contributed by atoms with Crippen molar-refractivity contribution >= 4 is 34.4 Å². The highest BCUT2D eigenvalue weighted by atomic mass is 16.2. The van der Waals surface area contributed by atoms with Crippen molar-refractivity contribution in [3.63, 3.8) is 0 Å². The Hall–Kier alpha value is -3.93. The third kappa shape index (κ3) is 8.58. The zero-order chi connectivity index (χ0) is 27.3. The molecule has 11 nitrogen and oxygen atoms in total. The Labute approximate surface area is 222 Å². The first kappa shape index (κ1) is 28.6. The van der Waals surface area contributed by atoms with Gasteiger partial charge in [-0.25, -0.2) is 0 Å². The maximum absolute atomic E-state index is 13.2. The molecule has 0 saturated heterocycles. The second-order valence-corrected chi connectivity index (χ2v) is 8.97.